The molecule has 21 heavy (non-hydrogen) atoms. The van der Waals surface area contributed by atoms with E-state index in [1.807, 2.05) is 0 Å². The maximum atomic E-state index is 11.8. The van der Waals surface area contributed by atoms with Crippen LogP contribution in [0.3, 0.4) is 0 Å². The van der Waals surface area contributed by atoms with Gasteiger partial charge in [0.05, 0.1) is 0 Å². The van der Waals surface area contributed by atoms with Crippen molar-refractivity contribution in [2.75, 3.05) is 19.6 Å². The molecule has 0 aromatic rings. The van der Waals surface area contributed by atoms with Crippen LogP contribution in [0.5, 0.6) is 0 Å². The molecular weight excluding hydrogens is 268 g/mol. The third-order valence-electron chi connectivity index (χ3n) is 3.34. The van der Waals surface area contributed by atoms with Gasteiger partial charge in [0.25, 0.3) is 0 Å². The Balaban J connectivity index is 3.72. The van der Waals surface area contributed by atoms with Crippen LogP contribution in [0.4, 0.5) is 0 Å². The summed E-state index contributed by atoms with van der Waals surface area (Å²) < 4.78 is 0. The van der Waals surface area contributed by atoms with Crippen molar-refractivity contribution in [1.29, 1.82) is 0 Å². The van der Waals surface area contributed by atoms with Gasteiger partial charge in [-0.15, -0.1) is 0 Å². The van der Waals surface area contributed by atoms with Gasteiger partial charge in [0.2, 0.25) is 11.8 Å². The van der Waals surface area contributed by atoms with Gasteiger partial charge in [0.15, 0.2) is 0 Å². The zero-order chi connectivity index (χ0) is 15.9. The Labute approximate surface area is 128 Å². The van der Waals surface area contributed by atoms with Gasteiger partial charge in [-0.2, -0.15) is 0 Å². The van der Waals surface area contributed by atoms with Gasteiger partial charge in [-0.1, -0.05) is 45.4 Å². The van der Waals surface area contributed by atoms with E-state index < -0.39 is 6.04 Å². The van der Waals surface area contributed by atoms with Gasteiger partial charge in [-0.25, -0.2) is 0 Å². The van der Waals surface area contributed by atoms with Crippen molar-refractivity contribution in [3.63, 3.8) is 0 Å². The second kappa shape index (κ2) is 13.8. The van der Waals surface area contributed by atoms with Gasteiger partial charge in [-0.05, 0) is 6.42 Å². The fourth-order valence-corrected chi connectivity index (χ4v) is 2.06. The minimum Gasteiger partial charge on any atom is -0.353 e. The van der Waals surface area contributed by atoms with E-state index in [0.717, 1.165) is 12.8 Å². The molecule has 0 aliphatic carbocycles. The summed E-state index contributed by atoms with van der Waals surface area (Å²) in [5.74, 6) is -0.377. The van der Waals surface area contributed by atoms with E-state index >= 15 is 0 Å². The lowest BCUT2D eigenvalue weighted by atomic mass is 10.1. The third kappa shape index (κ3) is 11.2. The summed E-state index contributed by atoms with van der Waals surface area (Å²) in [6, 6.07) is -0.659. The first-order valence-corrected chi connectivity index (χ1v) is 8.12. The van der Waals surface area contributed by atoms with E-state index in [2.05, 4.69) is 17.6 Å². The molecule has 6 heteroatoms. The molecular formula is C15H32N4O2. The Kier molecular flexibility index (Phi) is 13.1. The lowest BCUT2D eigenvalue weighted by Gasteiger charge is -2.16. The van der Waals surface area contributed by atoms with E-state index in [1.165, 1.54) is 32.1 Å². The summed E-state index contributed by atoms with van der Waals surface area (Å²) in [7, 11) is 0. The molecule has 0 aliphatic rings. The number of amides is 2. The fraction of sp³-hybridized carbons (Fsp3) is 0.867. The van der Waals surface area contributed by atoms with Crippen LogP contribution in [0.25, 0.3) is 0 Å². The maximum absolute atomic E-state index is 11.8. The molecule has 0 rings (SSSR count). The molecule has 0 radical (unpaired) electrons. The Morgan fingerprint density at radius 3 is 2.19 bits per heavy atom. The first-order chi connectivity index (χ1) is 10.2. The van der Waals surface area contributed by atoms with Crippen LogP contribution in [0.15, 0.2) is 0 Å². The minimum absolute atomic E-state index is 0.0964. The lowest BCUT2D eigenvalue weighted by Crippen LogP contribution is -2.51. The van der Waals surface area contributed by atoms with Crippen LogP contribution in [0.2, 0.25) is 0 Å². The molecule has 124 valence electrons. The van der Waals surface area contributed by atoms with E-state index in [-0.39, 0.29) is 18.4 Å². The largest absolute Gasteiger partial charge is 0.353 e. The number of nitrogens with one attached hydrogen (secondary N) is 2. The van der Waals surface area contributed by atoms with Crippen LogP contribution in [-0.2, 0) is 9.59 Å². The normalized spacial score (nSPS) is 12.0. The topological polar surface area (TPSA) is 110 Å². The smallest absolute Gasteiger partial charge is 0.243 e. The molecule has 6 nitrogen and oxygen atoms in total. The van der Waals surface area contributed by atoms with E-state index in [4.69, 9.17) is 11.5 Å². The predicted octanol–water partition coefficient (Wildman–Crippen LogP) is 0.646. The van der Waals surface area contributed by atoms with Crippen molar-refractivity contribution in [3.8, 4) is 0 Å². The number of unbranched alkanes of at least 4 members (excludes halogenated alkanes) is 6. The second-order valence-electron chi connectivity index (χ2n) is 5.31. The Hall–Kier alpha value is -1.14. The van der Waals surface area contributed by atoms with Crippen molar-refractivity contribution in [2.45, 2.75) is 64.3 Å². The van der Waals surface area contributed by atoms with Crippen LogP contribution < -0.4 is 22.1 Å². The molecule has 0 aromatic heterocycles. The van der Waals surface area contributed by atoms with Gasteiger partial charge in [-0.3, -0.25) is 9.59 Å². The minimum atomic E-state index is -0.659. The summed E-state index contributed by atoms with van der Waals surface area (Å²) in [4.78, 5) is 23.4. The molecule has 0 aliphatic heterocycles. The number of carbonyl (C=O) groups is 2. The molecule has 0 spiro atoms. The molecule has 0 saturated heterocycles. The van der Waals surface area contributed by atoms with Gasteiger partial charge >= 0.3 is 0 Å². The highest BCUT2D eigenvalue weighted by Gasteiger charge is 2.18. The van der Waals surface area contributed by atoms with Gasteiger partial charge in [0, 0.05) is 26.1 Å². The summed E-state index contributed by atoms with van der Waals surface area (Å²) in [5.41, 5.74) is 10.8. The summed E-state index contributed by atoms with van der Waals surface area (Å²) in [5, 5.41) is 5.30. The van der Waals surface area contributed by atoms with Gasteiger partial charge < -0.3 is 22.1 Å². The van der Waals surface area contributed by atoms with Crippen LogP contribution in [-0.4, -0.2) is 37.5 Å². The van der Waals surface area contributed by atoms with Crippen molar-refractivity contribution in [2.24, 2.45) is 11.5 Å². The molecule has 0 saturated carbocycles. The Morgan fingerprint density at radius 2 is 1.62 bits per heavy atom. The number of rotatable bonds is 13. The highest BCUT2D eigenvalue weighted by Crippen LogP contribution is 2.08. The SMILES string of the molecule is CCCCCCCCCC(=O)NC(CN)C(=O)NCCN. The molecule has 0 heterocycles. The highest BCUT2D eigenvalue weighted by molar-refractivity contribution is 5.87. The molecule has 2 amide bonds. The van der Waals surface area contributed by atoms with Crippen LogP contribution in [0.1, 0.15) is 58.3 Å². The third-order valence-corrected chi connectivity index (χ3v) is 3.34. The van der Waals surface area contributed by atoms with E-state index in [9.17, 15) is 9.59 Å². The standard InChI is InChI=1S/C15H32N4O2/c1-2-3-4-5-6-7-8-9-14(20)19-13(12-17)15(21)18-11-10-16/h13H,2-12,16-17H2,1H3,(H,18,21)(H,19,20). The Morgan fingerprint density at radius 1 is 1.00 bits per heavy atom. The maximum Gasteiger partial charge on any atom is 0.243 e. The highest BCUT2D eigenvalue weighted by atomic mass is 16.2. The average Bonchev–Trinajstić information content (AvgIpc) is 2.49. The Bertz CT molecular complexity index is 285. The second-order valence-corrected chi connectivity index (χ2v) is 5.31. The first-order valence-electron chi connectivity index (χ1n) is 8.12. The monoisotopic (exact) mass is 300 g/mol. The van der Waals surface area contributed by atoms with Crippen molar-refractivity contribution < 1.29 is 9.59 Å². The molecule has 0 fully saturated rings. The quantitative estimate of drug-likeness (QED) is 0.374. The summed E-state index contributed by atoms with van der Waals surface area (Å²) in [6.45, 7) is 3.05. The average molecular weight is 300 g/mol. The number of carbonyl (C=O) groups excluding carboxylic acids is 2. The number of nitrogens with two attached hydrogens (primary N) is 2. The number of hydrogen-bond acceptors (Lipinski definition) is 4. The van der Waals surface area contributed by atoms with Crippen LogP contribution in [0, 0.1) is 0 Å². The lowest BCUT2D eigenvalue weighted by molar-refractivity contribution is -0.128. The summed E-state index contributed by atoms with van der Waals surface area (Å²) in [6.07, 6.45) is 8.59. The number of hydrogen-bond donors (Lipinski definition) is 4. The molecule has 1 atom stereocenters. The van der Waals surface area contributed by atoms with Crippen molar-refractivity contribution in [1.82, 2.24) is 10.6 Å². The molecule has 0 aromatic carbocycles. The van der Waals surface area contributed by atoms with Crippen molar-refractivity contribution >= 4 is 11.8 Å². The molecule has 0 bridgehead atoms. The van der Waals surface area contributed by atoms with Gasteiger partial charge in [0.1, 0.15) is 6.04 Å². The first kappa shape index (κ1) is 19.9. The van der Waals surface area contributed by atoms with Crippen LogP contribution >= 0.6 is 0 Å². The zero-order valence-electron chi connectivity index (χ0n) is 13.3. The molecule has 1 unspecified atom stereocenters. The zero-order valence-corrected chi connectivity index (χ0v) is 13.3. The van der Waals surface area contributed by atoms with E-state index in [0.29, 0.717) is 19.5 Å². The van der Waals surface area contributed by atoms with E-state index in [1.54, 1.807) is 0 Å². The fourth-order valence-electron chi connectivity index (χ4n) is 2.06. The van der Waals surface area contributed by atoms with Crippen molar-refractivity contribution in [3.05, 3.63) is 0 Å². The predicted molar refractivity (Wildman–Crippen MR) is 85.7 cm³/mol. The molecule has 6 N–H and O–H groups in total. The summed E-state index contributed by atoms with van der Waals surface area (Å²) >= 11 is 0.